The summed E-state index contributed by atoms with van der Waals surface area (Å²) in [6, 6.07) is 5.28. The molecule has 0 bridgehead atoms. The van der Waals surface area contributed by atoms with E-state index in [0.29, 0.717) is 11.4 Å². The number of thioether (sulfide) groups is 1. The minimum atomic E-state index is -3.73. The van der Waals surface area contributed by atoms with E-state index >= 15 is 0 Å². The summed E-state index contributed by atoms with van der Waals surface area (Å²) in [6.07, 6.45) is 1.96. The molecule has 0 saturated carbocycles. The van der Waals surface area contributed by atoms with Gasteiger partial charge in [-0.15, -0.1) is 11.3 Å². The second kappa shape index (κ2) is 5.56. The lowest BCUT2D eigenvalue weighted by Gasteiger charge is -2.07. The third-order valence-electron chi connectivity index (χ3n) is 3.03. The zero-order chi connectivity index (χ0) is 15.9. The Morgan fingerprint density at radius 2 is 2.09 bits per heavy atom. The van der Waals surface area contributed by atoms with Crippen LogP contribution in [-0.2, 0) is 10.0 Å². The molecule has 2 heterocycles. The van der Waals surface area contributed by atoms with Gasteiger partial charge in [0.15, 0.2) is 15.0 Å². The van der Waals surface area contributed by atoms with E-state index in [1.54, 1.807) is 43.8 Å². The van der Waals surface area contributed by atoms with Crippen molar-refractivity contribution in [1.29, 1.82) is 0 Å². The van der Waals surface area contributed by atoms with Gasteiger partial charge in [-0.1, -0.05) is 16.9 Å². The van der Waals surface area contributed by atoms with Crippen molar-refractivity contribution in [3.8, 4) is 0 Å². The molecule has 0 aliphatic heterocycles. The SMILES string of the molecule is CSc1nc2ccc(NS(=O)(=O)c3c(C)noc3C)cc2s1. The number of thiazole rings is 1. The van der Waals surface area contributed by atoms with Crippen LogP contribution in [0, 0.1) is 13.8 Å². The quantitative estimate of drug-likeness (QED) is 0.722. The van der Waals surface area contributed by atoms with Gasteiger partial charge in [-0.05, 0) is 38.3 Å². The predicted octanol–water partition coefficient (Wildman–Crippen LogP) is 3.42. The Hall–Kier alpha value is -1.58. The average Bonchev–Trinajstić information content (AvgIpc) is 3.01. The number of benzene rings is 1. The summed E-state index contributed by atoms with van der Waals surface area (Å²) in [5.74, 6) is 0.272. The third kappa shape index (κ3) is 2.71. The van der Waals surface area contributed by atoms with Gasteiger partial charge in [0.1, 0.15) is 5.69 Å². The maximum absolute atomic E-state index is 12.5. The molecule has 6 nitrogen and oxygen atoms in total. The molecular formula is C13H13N3O3S3. The van der Waals surface area contributed by atoms with Crippen LogP contribution >= 0.6 is 23.1 Å². The molecule has 116 valence electrons. The van der Waals surface area contributed by atoms with Gasteiger partial charge in [-0.25, -0.2) is 13.4 Å². The van der Waals surface area contributed by atoms with E-state index in [1.165, 1.54) is 11.3 Å². The number of aromatic nitrogens is 2. The molecule has 1 N–H and O–H groups in total. The fourth-order valence-electron chi connectivity index (χ4n) is 2.12. The maximum Gasteiger partial charge on any atom is 0.267 e. The van der Waals surface area contributed by atoms with Gasteiger partial charge < -0.3 is 4.52 Å². The molecule has 0 atom stereocenters. The first-order valence-electron chi connectivity index (χ1n) is 6.31. The molecule has 0 amide bonds. The molecule has 0 spiro atoms. The van der Waals surface area contributed by atoms with Crippen molar-refractivity contribution in [3.63, 3.8) is 0 Å². The Bertz CT molecular complexity index is 924. The van der Waals surface area contributed by atoms with Crippen LogP contribution < -0.4 is 4.72 Å². The summed E-state index contributed by atoms with van der Waals surface area (Å²) in [7, 11) is -3.73. The highest BCUT2D eigenvalue weighted by Crippen LogP contribution is 2.31. The maximum atomic E-state index is 12.5. The molecule has 9 heteroatoms. The van der Waals surface area contributed by atoms with Gasteiger partial charge in [0.05, 0.1) is 15.9 Å². The molecule has 0 radical (unpaired) electrons. The van der Waals surface area contributed by atoms with Crippen LogP contribution in [0.4, 0.5) is 5.69 Å². The van der Waals surface area contributed by atoms with Crippen molar-refractivity contribution in [2.75, 3.05) is 11.0 Å². The number of sulfonamides is 1. The van der Waals surface area contributed by atoms with E-state index in [0.717, 1.165) is 14.6 Å². The second-order valence-electron chi connectivity index (χ2n) is 4.63. The topological polar surface area (TPSA) is 85.1 Å². The summed E-state index contributed by atoms with van der Waals surface area (Å²) in [6.45, 7) is 3.17. The van der Waals surface area contributed by atoms with Crippen molar-refractivity contribution in [1.82, 2.24) is 10.1 Å². The van der Waals surface area contributed by atoms with Crippen LogP contribution in [-0.4, -0.2) is 24.8 Å². The van der Waals surface area contributed by atoms with Crippen LogP contribution in [0.3, 0.4) is 0 Å². The lowest BCUT2D eigenvalue weighted by atomic mass is 10.3. The van der Waals surface area contributed by atoms with Crippen LogP contribution in [0.2, 0.25) is 0 Å². The first-order valence-corrected chi connectivity index (χ1v) is 9.83. The van der Waals surface area contributed by atoms with Crippen LogP contribution in [0.1, 0.15) is 11.5 Å². The number of hydrogen-bond donors (Lipinski definition) is 1. The minimum Gasteiger partial charge on any atom is -0.360 e. The molecular weight excluding hydrogens is 342 g/mol. The van der Waals surface area contributed by atoms with E-state index < -0.39 is 10.0 Å². The molecule has 3 rings (SSSR count). The normalized spacial score (nSPS) is 12.0. The number of nitrogens with one attached hydrogen (secondary N) is 1. The summed E-state index contributed by atoms with van der Waals surface area (Å²) in [5.41, 5.74) is 1.69. The van der Waals surface area contributed by atoms with Crippen molar-refractivity contribution >= 4 is 49.0 Å². The Morgan fingerprint density at radius 1 is 1.32 bits per heavy atom. The van der Waals surface area contributed by atoms with Crippen molar-refractivity contribution < 1.29 is 12.9 Å². The largest absolute Gasteiger partial charge is 0.360 e. The molecule has 0 saturated heterocycles. The van der Waals surface area contributed by atoms with Gasteiger partial charge in [-0.2, -0.15) is 0 Å². The lowest BCUT2D eigenvalue weighted by molar-refractivity contribution is 0.390. The van der Waals surface area contributed by atoms with Gasteiger partial charge in [0.2, 0.25) is 0 Å². The summed E-state index contributed by atoms with van der Waals surface area (Å²) in [4.78, 5) is 4.51. The molecule has 0 aliphatic rings. The number of hydrogen-bond acceptors (Lipinski definition) is 7. The summed E-state index contributed by atoms with van der Waals surface area (Å²) in [5, 5.41) is 3.68. The predicted molar refractivity (Wildman–Crippen MR) is 88.2 cm³/mol. The lowest BCUT2D eigenvalue weighted by Crippen LogP contribution is -2.14. The zero-order valence-corrected chi connectivity index (χ0v) is 14.5. The molecule has 0 fully saturated rings. The smallest absolute Gasteiger partial charge is 0.267 e. The molecule has 1 aromatic carbocycles. The van der Waals surface area contributed by atoms with Gasteiger partial charge >= 0.3 is 0 Å². The number of rotatable bonds is 4. The molecule has 22 heavy (non-hydrogen) atoms. The van der Waals surface area contributed by atoms with Crippen LogP contribution in [0.25, 0.3) is 10.2 Å². The molecule has 0 aliphatic carbocycles. The van der Waals surface area contributed by atoms with Gasteiger partial charge in [0.25, 0.3) is 10.0 Å². The summed E-state index contributed by atoms with van der Waals surface area (Å²) < 4.78 is 34.3. The Labute approximate surface area is 136 Å². The van der Waals surface area contributed by atoms with Crippen molar-refractivity contribution in [2.45, 2.75) is 23.1 Å². The number of nitrogens with zero attached hydrogens (tertiary/aromatic N) is 2. The minimum absolute atomic E-state index is 0.0849. The average molecular weight is 355 g/mol. The zero-order valence-electron chi connectivity index (χ0n) is 12.1. The van der Waals surface area contributed by atoms with Gasteiger partial charge in [0, 0.05) is 0 Å². The second-order valence-corrected chi connectivity index (χ2v) is 8.33. The van der Waals surface area contributed by atoms with Gasteiger partial charge in [-0.3, -0.25) is 4.72 Å². The molecule has 0 unspecified atom stereocenters. The highest BCUT2D eigenvalue weighted by molar-refractivity contribution is 8.00. The highest BCUT2D eigenvalue weighted by atomic mass is 32.2. The highest BCUT2D eigenvalue weighted by Gasteiger charge is 2.24. The number of fused-ring (bicyclic) bond motifs is 1. The Kier molecular flexibility index (Phi) is 3.87. The fourth-order valence-corrected chi connectivity index (χ4v) is 5.03. The van der Waals surface area contributed by atoms with E-state index in [4.69, 9.17) is 4.52 Å². The van der Waals surface area contributed by atoms with Crippen LogP contribution in [0.15, 0.2) is 32.0 Å². The first-order chi connectivity index (χ1) is 10.4. The summed E-state index contributed by atoms with van der Waals surface area (Å²) >= 11 is 3.09. The van der Waals surface area contributed by atoms with Crippen molar-refractivity contribution in [3.05, 3.63) is 29.7 Å². The monoisotopic (exact) mass is 355 g/mol. The first kappa shape index (κ1) is 15.3. The van der Waals surface area contributed by atoms with E-state index in [2.05, 4.69) is 14.9 Å². The number of aryl methyl sites for hydroxylation is 2. The molecule has 3 aromatic rings. The Morgan fingerprint density at radius 3 is 2.73 bits per heavy atom. The third-order valence-corrected chi connectivity index (χ3v) is 6.66. The van der Waals surface area contributed by atoms with E-state index in [9.17, 15) is 8.42 Å². The van der Waals surface area contributed by atoms with Crippen molar-refractivity contribution in [2.24, 2.45) is 0 Å². The van der Waals surface area contributed by atoms with E-state index in [1.807, 2.05) is 6.26 Å². The number of anilines is 1. The fraction of sp³-hybridized carbons (Fsp3) is 0.231. The molecule has 2 aromatic heterocycles. The van der Waals surface area contributed by atoms with E-state index in [-0.39, 0.29) is 10.7 Å². The standard InChI is InChI=1S/C13H13N3O3S3/c1-7-12(8(2)19-15-7)22(17,18)16-9-4-5-10-11(6-9)21-13(14-10)20-3/h4-6,16H,1-3H3. The Balaban J connectivity index is 1.98. The van der Waals surface area contributed by atoms with Crippen LogP contribution in [0.5, 0.6) is 0 Å².